The third-order valence-corrected chi connectivity index (χ3v) is 8.09. The summed E-state index contributed by atoms with van der Waals surface area (Å²) in [5, 5.41) is 3.31. The van der Waals surface area contributed by atoms with Gasteiger partial charge in [0.05, 0.1) is 17.7 Å². The summed E-state index contributed by atoms with van der Waals surface area (Å²) in [5.74, 6) is -0.173. The summed E-state index contributed by atoms with van der Waals surface area (Å²) in [7, 11) is -2.56. The van der Waals surface area contributed by atoms with Gasteiger partial charge in [-0.25, -0.2) is 8.42 Å². The van der Waals surface area contributed by atoms with Crippen LogP contribution in [-0.4, -0.2) is 50.9 Å². The maximum absolute atomic E-state index is 14.0. The average Bonchev–Trinajstić information content (AvgIpc) is 2.92. The van der Waals surface area contributed by atoms with Gasteiger partial charge in [-0.05, 0) is 74.4 Å². The summed E-state index contributed by atoms with van der Waals surface area (Å²) >= 11 is 6.06. The van der Waals surface area contributed by atoms with Crippen LogP contribution in [0.15, 0.2) is 83.8 Å². The number of methoxy groups -OCH3 is 1. The highest BCUT2D eigenvalue weighted by Gasteiger charge is 2.33. The molecule has 2 amide bonds. The second-order valence-corrected chi connectivity index (χ2v) is 11.6. The van der Waals surface area contributed by atoms with Gasteiger partial charge in [-0.2, -0.15) is 0 Å². The van der Waals surface area contributed by atoms with Crippen molar-refractivity contribution in [2.75, 3.05) is 18.0 Å². The zero-order valence-electron chi connectivity index (χ0n) is 22.5. The van der Waals surface area contributed by atoms with Crippen molar-refractivity contribution in [2.45, 2.75) is 50.7 Å². The van der Waals surface area contributed by atoms with Crippen LogP contribution in [0, 0.1) is 0 Å². The Balaban J connectivity index is 2.04. The number of benzene rings is 3. The molecule has 0 aromatic heterocycles. The molecule has 0 aliphatic carbocycles. The third-order valence-electron chi connectivity index (χ3n) is 6.05. The Kier molecular flexibility index (Phi) is 10.4. The number of carbonyl (C=O) groups excluding carboxylic acids is 2. The van der Waals surface area contributed by atoms with Crippen LogP contribution in [0.25, 0.3) is 0 Å². The number of anilines is 1. The molecule has 3 rings (SSSR count). The number of nitrogens with zero attached hydrogens (tertiary/aromatic N) is 2. The van der Waals surface area contributed by atoms with Gasteiger partial charge in [-0.15, -0.1) is 0 Å². The van der Waals surface area contributed by atoms with E-state index in [1.165, 1.54) is 17.0 Å². The maximum atomic E-state index is 14.0. The van der Waals surface area contributed by atoms with E-state index >= 15 is 0 Å². The van der Waals surface area contributed by atoms with E-state index in [0.717, 1.165) is 9.87 Å². The Hall–Kier alpha value is -3.56. The number of ether oxygens (including phenoxy) is 1. The summed E-state index contributed by atoms with van der Waals surface area (Å²) in [5.41, 5.74) is 1.05. The Morgan fingerprint density at radius 3 is 2.10 bits per heavy atom. The van der Waals surface area contributed by atoms with E-state index in [0.29, 0.717) is 17.2 Å². The van der Waals surface area contributed by atoms with Crippen LogP contribution in [0.3, 0.4) is 0 Å². The Bertz CT molecular complexity index is 1350. The molecule has 0 radical (unpaired) electrons. The first kappa shape index (κ1) is 30.0. The molecule has 10 heteroatoms. The minimum absolute atomic E-state index is 0.0408. The second-order valence-electron chi connectivity index (χ2n) is 9.26. The van der Waals surface area contributed by atoms with Gasteiger partial charge in [0, 0.05) is 17.6 Å². The van der Waals surface area contributed by atoms with Crippen LogP contribution in [0.4, 0.5) is 5.69 Å². The summed E-state index contributed by atoms with van der Waals surface area (Å²) in [6.45, 7) is 5.09. The molecule has 0 unspecified atom stereocenters. The molecule has 0 saturated carbocycles. The number of nitrogens with one attached hydrogen (secondary N) is 1. The van der Waals surface area contributed by atoms with E-state index in [4.69, 9.17) is 16.3 Å². The minimum Gasteiger partial charge on any atom is -0.497 e. The van der Waals surface area contributed by atoms with Crippen molar-refractivity contribution in [2.24, 2.45) is 0 Å². The lowest BCUT2D eigenvalue weighted by atomic mass is 10.1. The summed E-state index contributed by atoms with van der Waals surface area (Å²) < 4.78 is 33.8. The smallest absolute Gasteiger partial charge is 0.264 e. The van der Waals surface area contributed by atoms with Gasteiger partial charge in [0.1, 0.15) is 18.3 Å². The van der Waals surface area contributed by atoms with E-state index in [2.05, 4.69) is 5.32 Å². The molecule has 1 N–H and O–H groups in total. The van der Waals surface area contributed by atoms with Gasteiger partial charge in [0.25, 0.3) is 10.0 Å². The van der Waals surface area contributed by atoms with Gasteiger partial charge < -0.3 is 15.0 Å². The first-order chi connectivity index (χ1) is 18.6. The molecule has 8 nitrogen and oxygen atoms in total. The number of halogens is 1. The molecule has 0 saturated heterocycles. The molecule has 0 bridgehead atoms. The molecular formula is C29H34ClN3O5S. The highest BCUT2D eigenvalue weighted by molar-refractivity contribution is 7.92. The van der Waals surface area contributed by atoms with Crippen molar-refractivity contribution in [1.29, 1.82) is 0 Å². The number of amides is 2. The quantitative estimate of drug-likeness (QED) is 0.334. The van der Waals surface area contributed by atoms with Crippen LogP contribution in [0.2, 0.25) is 5.02 Å². The van der Waals surface area contributed by atoms with E-state index < -0.39 is 28.5 Å². The molecule has 39 heavy (non-hydrogen) atoms. The van der Waals surface area contributed by atoms with Gasteiger partial charge >= 0.3 is 0 Å². The first-order valence-corrected chi connectivity index (χ1v) is 14.4. The lowest BCUT2D eigenvalue weighted by Gasteiger charge is -2.33. The van der Waals surface area contributed by atoms with Crippen molar-refractivity contribution < 1.29 is 22.7 Å². The summed E-state index contributed by atoms with van der Waals surface area (Å²) in [6, 6.07) is 20.3. The third kappa shape index (κ3) is 7.74. The van der Waals surface area contributed by atoms with E-state index in [9.17, 15) is 18.0 Å². The molecule has 3 aromatic rings. The van der Waals surface area contributed by atoms with Crippen LogP contribution >= 0.6 is 11.6 Å². The van der Waals surface area contributed by atoms with Crippen molar-refractivity contribution in [3.05, 3.63) is 89.4 Å². The van der Waals surface area contributed by atoms with Crippen LogP contribution in [0.1, 0.15) is 32.8 Å². The van der Waals surface area contributed by atoms with Crippen LogP contribution in [-0.2, 0) is 26.2 Å². The number of sulfonamides is 1. The summed E-state index contributed by atoms with van der Waals surface area (Å²) in [4.78, 5) is 28.6. The maximum Gasteiger partial charge on any atom is 0.264 e. The Morgan fingerprint density at radius 1 is 0.949 bits per heavy atom. The molecule has 0 fully saturated rings. The van der Waals surface area contributed by atoms with Crippen molar-refractivity contribution in [3.8, 4) is 5.75 Å². The predicted octanol–water partition coefficient (Wildman–Crippen LogP) is 4.88. The number of rotatable bonds is 12. The Labute approximate surface area is 235 Å². The predicted molar refractivity (Wildman–Crippen MR) is 153 cm³/mol. The zero-order chi connectivity index (χ0) is 28.6. The SMILES string of the molecule is CC[C@@H](C(=O)NC(C)C)N(Cc1ccc(OC)cc1)C(=O)CN(c1ccc(Cl)cc1)S(=O)(=O)c1ccccc1. The monoisotopic (exact) mass is 571 g/mol. The molecule has 1 atom stereocenters. The van der Waals surface area contributed by atoms with Crippen LogP contribution < -0.4 is 14.4 Å². The highest BCUT2D eigenvalue weighted by atomic mass is 35.5. The van der Waals surface area contributed by atoms with Gasteiger partial charge in [0.2, 0.25) is 11.8 Å². The van der Waals surface area contributed by atoms with E-state index in [1.54, 1.807) is 61.7 Å². The lowest BCUT2D eigenvalue weighted by Crippen LogP contribution is -2.53. The normalized spacial score (nSPS) is 12.1. The highest BCUT2D eigenvalue weighted by Crippen LogP contribution is 2.26. The molecular weight excluding hydrogens is 538 g/mol. The number of hydrogen-bond donors (Lipinski definition) is 1. The van der Waals surface area contributed by atoms with Gasteiger partial charge in [0.15, 0.2) is 0 Å². The first-order valence-electron chi connectivity index (χ1n) is 12.6. The zero-order valence-corrected chi connectivity index (χ0v) is 24.1. The fourth-order valence-electron chi connectivity index (χ4n) is 4.08. The number of hydrogen-bond acceptors (Lipinski definition) is 5. The molecule has 0 heterocycles. The van der Waals surface area contributed by atoms with Gasteiger partial charge in [-0.1, -0.05) is 48.9 Å². The molecule has 0 aliphatic rings. The minimum atomic E-state index is -4.12. The van der Waals surface area contributed by atoms with E-state index in [-0.39, 0.29) is 29.1 Å². The van der Waals surface area contributed by atoms with E-state index in [1.807, 2.05) is 32.9 Å². The molecule has 208 valence electrons. The Morgan fingerprint density at radius 2 is 1.56 bits per heavy atom. The average molecular weight is 572 g/mol. The fourth-order valence-corrected chi connectivity index (χ4v) is 5.64. The van der Waals surface area contributed by atoms with Crippen LogP contribution in [0.5, 0.6) is 5.75 Å². The largest absolute Gasteiger partial charge is 0.497 e. The second kappa shape index (κ2) is 13.5. The lowest BCUT2D eigenvalue weighted by molar-refractivity contribution is -0.140. The number of carbonyl (C=O) groups is 2. The molecule has 0 aliphatic heterocycles. The topological polar surface area (TPSA) is 96.0 Å². The molecule has 0 spiro atoms. The molecule has 3 aromatic carbocycles. The van der Waals surface area contributed by atoms with Crippen molar-refractivity contribution >= 4 is 39.1 Å². The van der Waals surface area contributed by atoms with Crippen molar-refractivity contribution in [1.82, 2.24) is 10.2 Å². The van der Waals surface area contributed by atoms with Gasteiger partial charge in [-0.3, -0.25) is 13.9 Å². The standard InChI is InChI=1S/C29H34ClN3O5S/c1-5-27(29(35)31-21(2)3)32(19-22-11-17-25(38-4)18-12-22)28(34)20-33(24-15-13-23(30)14-16-24)39(36,37)26-9-7-6-8-10-26/h6-18,21,27H,5,19-20H2,1-4H3,(H,31,35)/t27-/m0/s1. The fraction of sp³-hybridized carbons (Fsp3) is 0.310. The summed E-state index contributed by atoms with van der Waals surface area (Å²) in [6.07, 6.45) is 0.340. The van der Waals surface area contributed by atoms with Crippen molar-refractivity contribution in [3.63, 3.8) is 0 Å².